The minimum absolute atomic E-state index is 0.614. The molecule has 0 spiro atoms. The maximum absolute atomic E-state index is 5.70. The van der Waals surface area contributed by atoms with Crippen LogP contribution in [0.4, 0.5) is 0 Å². The lowest BCUT2D eigenvalue weighted by molar-refractivity contribution is 0.308. The molecule has 2 heteroatoms. The molecular formula is C17H27NO. The Morgan fingerprint density at radius 3 is 2.47 bits per heavy atom. The summed E-state index contributed by atoms with van der Waals surface area (Å²) in [5.74, 6) is 1.62. The quantitative estimate of drug-likeness (QED) is 0.686. The lowest BCUT2D eigenvalue weighted by Crippen LogP contribution is -2.24. The molecule has 2 nitrogen and oxygen atoms in total. The average molecular weight is 261 g/mol. The van der Waals surface area contributed by atoms with Crippen LogP contribution in [0, 0.1) is 0 Å². The van der Waals surface area contributed by atoms with Crippen molar-refractivity contribution in [1.82, 2.24) is 4.90 Å². The fourth-order valence-corrected chi connectivity index (χ4v) is 2.68. The van der Waals surface area contributed by atoms with Crippen molar-refractivity contribution in [2.24, 2.45) is 0 Å². The highest BCUT2D eigenvalue weighted by molar-refractivity contribution is 5.29. The first kappa shape index (κ1) is 14.4. The number of rotatable bonds is 7. The second-order valence-corrected chi connectivity index (χ2v) is 5.68. The van der Waals surface area contributed by atoms with Crippen LogP contribution in [0.2, 0.25) is 0 Å². The zero-order chi connectivity index (χ0) is 13.5. The van der Waals surface area contributed by atoms with Crippen LogP contribution in [0.1, 0.15) is 51.0 Å². The van der Waals surface area contributed by atoms with Crippen molar-refractivity contribution in [3.8, 4) is 5.75 Å². The van der Waals surface area contributed by atoms with Crippen LogP contribution in [0.15, 0.2) is 24.3 Å². The van der Waals surface area contributed by atoms with Gasteiger partial charge in [0.1, 0.15) is 5.75 Å². The van der Waals surface area contributed by atoms with Crippen molar-refractivity contribution in [3.63, 3.8) is 0 Å². The van der Waals surface area contributed by atoms with E-state index in [0.717, 1.165) is 18.8 Å². The number of benzene rings is 1. The van der Waals surface area contributed by atoms with E-state index in [1.165, 1.54) is 44.5 Å². The van der Waals surface area contributed by atoms with Crippen LogP contribution in [-0.2, 0) is 0 Å². The molecule has 1 aliphatic rings. The molecule has 1 fully saturated rings. The Balaban J connectivity index is 1.82. The van der Waals surface area contributed by atoms with Crippen LogP contribution in [0.25, 0.3) is 0 Å². The van der Waals surface area contributed by atoms with Crippen molar-refractivity contribution < 1.29 is 4.74 Å². The molecule has 1 aromatic rings. The molecule has 0 N–H and O–H groups in total. The van der Waals surface area contributed by atoms with Crippen LogP contribution >= 0.6 is 0 Å². The molecule has 0 amide bonds. The van der Waals surface area contributed by atoms with Crippen LogP contribution < -0.4 is 4.74 Å². The lowest BCUT2D eigenvalue weighted by atomic mass is 10.0. The third kappa shape index (κ3) is 4.54. The molecule has 1 saturated heterocycles. The van der Waals surface area contributed by atoms with Crippen LogP contribution in [0.3, 0.4) is 0 Å². The molecule has 1 atom stereocenters. The average Bonchev–Trinajstić information content (AvgIpc) is 2.93. The molecule has 19 heavy (non-hydrogen) atoms. The van der Waals surface area contributed by atoms with E-state index in [9.17, 15) is 0 Å². The summed E-state index contributed by atoms with van der Waals surface area (Å²) in [7, 11) is 0. The van der Waals surface area contributed by atoms with E-state index >= 15 is 0 Å². The Morgan fingerprint density at radius 1 is 1.16 bits per heavy atom. The first-order chi connectivity index (χ1) is 9.29. The molecule has 1 unspecified atom stereocenters. The molecule has 0 radical (unpaired) electrons. The molecule has 0 saturated carbocycles. The van der Waals surface area contributed by atoms with Gasteiger partial charge < -0.3 is 9.64 Å². The zero-order valence-corrected chi connectivity index (χ0v) is 12.4. The predicted molar refractivity (Wildman–Crippen MR) is 80.9 cm³/mol. The maximum atomic E-state index is 5.70. The van der Waals surface area contributed by atoms with Crippen molar-refractivity contribution >= 4 is 0 Å². The van der Waals surface area contributed by atoms with Gasteiger partial charge in [-0.2, -0.15) is 0 Å². The van der Waals surface area contributed by atoms with Crippen molar-refractivity contribution in [3.05, 3.63) is 29.8 Å². The summed E-state index contributed by atoms with van der Waals surface area (Å²) in [5, 5.41) is 0. The van der Waals surface area contributed by atoms with E-state index in [-0.39, 0.29) is 0 Å². The van der Waals surface area contributed by atoms with Gasteiger partial charge in [0.15, 0.2) is 0 Å². The Kier molecular flexibility index (Phi) is 5.71. The minimum atomic E-state index is 0.614. The number of hydrogen-bond donors (Lipinski definition) is 0. The molecule has 1 aliphatic heterocycles. The van der Waals surface area contributed by atoms with E-state index in [2.05, 4.69) is 43.0 Å². The monoisotopic (exact) mass is 261 g/mol. The Bertz CT molecular complexity index is 354. The van der Waals surface area contributed by atoms with Gasteiger partial charge >= 0.3 is 0 Å². The highest BCUT2D eigenvalue weighted by atomic mass is 16.5. The molecule has 0 aliphatic carbocycles. The number of ether oxygens (including phenoxy) is 1. The van der Waals surface area contributed by atoms with E-state index in [1.54, 1.807) is 0 Å². The molecule has 2 rings (SSSR count). The Labute approximate surface area is 117 Å². The van der Waals surface area contributed by atoms with Gasteiger partial charge in [-0.25, -0.2) is 0 Å². The van der Waals surface area contributed by atoms with Gasteiger partial charge in [-0.05, 0) is 56.0 Å². The highest BCUT2D eigenvalue weighted by Crippen LogP contribution is 2.22. The summed E-state index contributed by atoms with van der Waals surface area (Å²) in [4.78, 5) is 2.58. The maximum Gasteiger partial charge on any atom is 0.119 e. The molecule has 106 valence electrons. The normalized spacial score (nSPS) is 17.6. The van der Waals surface area contributed by atoms with E-state index in [1.807, 2.05) is 0 Å². The summed E-state index contributed by atoms with van der Waals surface area (Å²) >= 11 is 0. The summed E-state index contributed by atoms with van der Waals surface area (Å²) in [6.07, 6.45) is 5.06. The number of unbranched alkanes of at least 4 members (excludes halogenated alkanes) is 1. The summed E-state index contributed by atoms with van der Waals surface area (Å²) in [6.45, 7) is 9.10. The zero-order valence-electron chi connectivity index (χ0n) is 12.4. The largest absolute Gasteiger partial charge is 0.494 e. The van der Waals surface area contributed by atoms with Gasteiger partial charge in [0.25, 0.3) is 0 Å². The summed E-state index contributed by atoms with van der Waals surface area (Å²) in [6, 6.07) is 8.68. The molecule has 1 aromatic carbocycles. The second kappa shape index (κ2) is 7.54. The number of likely N-dealkylation sites (tertiary alicyclic amines) is 1. The highest BCUT2D eigenvalue weighted by Gasteiger charge is 2.15. The third-order valence-corrected chi connectivity index (χ3v) is 3.95. The molecule has 0 aromatic heterocycles. The Morgan fingerprint density at radius 2 is 1.84 bits per heavy atom. The SMILES string of the molecule is CCCCOc1ccc(C(C)CN2CCCC2)cc1. The molecule has 1 heterocycles. The van der Waals surface area contributed by atoms with Gasteiger partial charge in [0.2, 0.25) is 0 Å². The first-order valence-electron chi connectivity index (χ1n) is 7.74. The van der Waals surface area contributed by atoms with Gasteiger partial charge in [-0.15, -0.1) is 0 Å². The smallest absolute Gasteiger partial charge is 0.119 e. The molecular weight excluding hydrogens is 234 g/mol. The van der Waals surface area contributed by atoms with Crippen molar-refractivity contribution in [1.29, 1.82) is 0 Å². The van der Waals surface area contributed by atoms with E-state index < -0.39 is 0 Å². The van der Waals surface area contributed by atoms with Crippen LogP contribution in [-0.4, -0.2) is 31.1 Å². The summed E-state index contributed by atoms with van der Waals surface area (Å²) in [5.41, 5.74) is 1.43. The van der Waals surface area contributed by atoms with E-state index in [4.69, 9.17) is 4.74 Å². The first-order valence-corrected chi connectivity index (χ1v) is 7.74. The van der Waals surface area contributed by atoms with Gasteiger partial charge in [0, 0.05) is 6.54 Å². The predicted octanol–water partition coefficient (Wildman–Crippen LogP) is 4.06. The van der Waals surface area contributed by atoms with Gasteiger partial charge in [-0.3, -0.25) is 0 Å². The van der Waals surface area contributed by atoms with Gasteiger partial charge in [-0.1, -0.05) is 32.4 Å². The number of hydrogen-bond acceptors (Lipinski definition) is 2. The fourth-order valence-electron chi connectivity index (χ4n) is 2.68. The fraction of sp³-hybridized carbons (Fsp3) is 0.647. The Hall–Kier alpha value is -1.02. The minimum Gasteiger partial charge on any atom is -0.494 e. The third-order valence-electron chi connectivity index (χ3n) is 3.95. The summed E-state index contributed by atoms with van der Waals surface area (Å²) < 4.78 is 5.70. The van der Waals surface area contributed by atoms with Gasteiger partial charge in [0.05, 0.1) is 6.61 Å². The standard InChI is InChI=1S/C17H27NO/c1-3-4-13-19-17-9-7-16(8-10-17)15(2)14-18-11-5-6-12-18/h7-10,15H,3-6,11-14H2,1-2H3. The second-order valence-electron chi connectivity index (χ2n) is 5.68. The van der Waals surface area contributed by atoms with Crippen molar-refractivity contribution in [2.45, 2.75) is 45.4 Å². The lowest BCUT2D eigenvalue weighted by Gasteiger charge is -2.20. The number of nitrogens with zero attached hydrogens (tertiary/aromatic N) is 1. The molecule has 0 bridgehead atoms. The topological polar surface area (TPSA) is 12.5 Å². The van der Waals surface area contributed by atoms with Crippen LogP contribution in [0.5, 0.6) is 5.75 Å². The van der Waals surface area contributed by atoms with E-state index in [0.29, 0.717) is 5.92 Å². The van der Waals surface area contributed by atoms with Crippen molar-refractivity contribution in [2.75, 3.05) is 26.2 Å².